The molecule has 118 valence electrons. The number of methoxy groups -OCH3 is 1. The van der Waals surface area contributed by atoms with Gasteiger partial charge in [0.05, 0.1) is 0 Å². The maximum Gasteiger partial charge on any atom is 0.256 e. The molecule has 0 unspecified atom stereocenters. The molecular weight excluding hydrogens is 308 g/mol. The normalized spacial score (nSPS) is 16.9. The summed E-state index contributed by atoms with van der Waals surface area (Å²) in [5.41, 5.74) is 0.141. The van der Waals surface area contributed by atoms with E-state index in [2.05, 4.69) is 23.6 Å². The smallest absolute Gasteiger partial charge is 0.256 e. The third-order valence-corrected chi connectivity index (χ3v) is 4.49. The molecule has 1 aliphatic heterocycles. The van der Waals surface area contributed by atoms with E-state index in [1.165, 1.54) is 4.90 Å². The fraction of sp³-hybridized carbons (Fsp3) is 0.533. The van der Waals surface area contributed by atoms with Crippen molar-refractivity contribution >= 4 is 35.8 Å². The summed E-state index contributed by atoms with van der Waals surface area (Å²) in [6, 6.07) is 7.95. The van der Waals surface area contributed by atoms with Gasteiger partial charge in [0.15, 0.2) is 0 Å². The minimum atomic E-state index is -0.695. The summed E-state index contributed by atoms with van der Waals surface area (Å²) in [6.45, 7) is 3.74. The number of thioether (sulfide) groups is 1. The van der Waals surface area contributed by atoms with Crippen LogP contribution >= 0.6 is 24.2 Å². The molecule has 0 bridgehead atoms. The monoisotopic (exact) mass is 330 g/mol. The molecule has 0 atom stereocenters. The van der Waals surface area contributed by atoms with Gasteiger partial charge in [0.25, 0.3) is 5.91 Å². The number of hydrogen-bond donors (Lipinski definition) is 2. The van der Waals surface area contributed by atoms with Crippen LogP contribution in [0.2, 0.25) is 0 Å². The van der Waals surface area contributed by atoms with Crippen molar-refractivity contribution in [2.75, 3.05) is 31.3 Å². The lowest BCUT2D eigenvalue weighted by Crippen LogP contribution is -2.51. The molecule has 1 saturated heterocycles. The summed E-state index contributed by atoms with van der Waals surface area (Å²) in [6.07, 6.45) is 1.41. The Morgan fingerprint density at radius 1 is 1.43 bits per heavy atom. The van der Waals surface area contributed by atoms with Crippen molar-refractivity contribution in [1.82, 2.24) is 5.32 Å². The van der Waals surface area contributed by atoms with Crippen molar-refractivity contribution in [2.24, 2.45) is 0 Å². The van der Waals surface area contributed by atoms with Crippen LogP contribution in [0.3, 0.4) is 0 Å². The molecule has 4 nitrogen and oxygen atoms in total. The van der Waals surface area contributed by atoms with Crippen LogP contribution in [0.1, 0.15) is 19.8 Å². The topological polar surface area (TPSA) is 50.4 Å². The number of ether oxygens (including phenoxy) is 1. The molecule has 1 heterocycles. The van der Waals surface area contributed by atoms with E-state index in [9.17, 15) is 4.79 Å². The first kappa shape index (κ1) is 18.3. The second kappa shape index (κ2) is 8.63. The molecule has 2 N–H and O–H groups in total. The summed E-state index contributed by atoms with van der Waals surface area (Å²) in [5.74, 6) is 0.977. The van der Waals surface area contributed by atoms with Gasteiger partial charge in [-0.3, -0.25) is 4.79 Å². The highest BCUT2D eigenvalue weighted by atomic mass is 35.5. The lowest BCUT2D eigenvalue weighted by Gasteiger charge is -2.34. The Bertz CT molecular complexity index is 465. The average Bonchev–Trinajstić information content (AvgIpc) is 2.48. The van der Waals surface area contributed by atoms with E-state index in [0.29, 0.717) is 12.8 Å². The number of hydrogen-bond acceptors (Lipinski definition) is 4. The molecule has 1 aromatic rings. The number of anilines is 1. The summed E-state index contributed by atoms with van der Waals surface area (Å²) in [5, 5.41) is 6.25. The molecule has 6 heteroatoms. The van der Waals surface area contributed by atoms with E-state index in [1.807, 2.05) is 18.2 Å². The van der Waals surface area contributed by atoms with Crippen molar-refractivity contribution in [3.8, 4) is 0 Å². The van der Waals surface area contributed by atoms with Crippen LogP contribution in [0.15, 0.2) is 29.2 Å². The first-order valence-corrected chi connectivity index (χ1v) is 7.99. The minimum Gasteiger partial charge on any atom is -0.368 e. The molecule has 1 aliphatic rings. The fourth-order valence-corrected chi connectivity index (χ4v) is 3.15. The van der Waals surface area contributed by atoms with Crippen molar-refractivity contribution in [3.05, 3.63) is 24.3 Å². The van der Waals surface area contributed by atoms with Crippen LogP contribution < -0.4 is 10.6 Å². The summed E-state index contributed by atoms with van der Waals surface area (Å²) in [4.78, 5) is 13.7. The average molecular weight is 331 g/mol. The minimum absolute atomic E-state index is 0. The molecule has 1 fully saturated rings. The van der Waals surface area contributed by atoms with Crippen LogP contribution in [0.25, 0.3) is 0 Å². The van der Waals surface area contributed by atoms with E-state index in [4.69, 9.17) is 4.74 Å². The number of amides is 1. The van der Waals surface area contributed by atoms with Gasteiger partial charge in [-0.15, -0.1) is 24.2 Å². The van der Waals surface area contributed by atoms with Gasteiger partial charge in [0, 0.05) is 17.7 Å². The predicted octanol–water partition coefficient (Wildman–Crippen LogP) is 2.93. The number of carbonyl (C=O) groups excluding carboxylic acids is 1. The van der Waals surface area contributed by atoms with E-state index in [0.717, 1.165) is 24.5 Å². The van der Waals surface area contributed by atoms with Crippen LogP contribution in [0.4, 0.5) is 5.69 Å². The molecule has 0 spiro atoms. The fourth-order valence-electron chi connectivity index (χ4n) is 2.43. The van der Waals surface area contributed by atoms with Gasteiger partial charge in [-0.25, -0.2) is 0 Å². The van der Waals surface area contributed by atoms with Crippen LogP contribution in [-0.2, 0) is 9.53 Å². The lowest BCUT2D eigenvalue weighted by molar-refractivity contribution is -0.140. The third kappa shape index (κ3) is 4.61. The summed E-state index contributed by atoms with van der Waals surface area (Å²) >= 11 is 1.76. The maximum absolute atomic E-state index is 12.5. The van der Waals surface area contributed by atoms with E-state index < -0.39 is 5.60 Å². The van der Waals surface area contributed by atoms with E-state index in [1.54, 1.807) is 18.9 Å². The number of halogens is 1. The van der Waals surface area contributed by atoms with Crippen molar-refractivity contribution in [2.45, 2.75) is 30.3 Å². The Labute approximate surface area is 136 Å². The number of piperidine rings is 1. The molecule has 0 aliphatic carbocycles. The zero-order valence-electron chi connectivity index (χ0n) is 12.5. The largest absolute Gasteiger partial charge is 0.368 e. The number of benzene rings is 1. The van der Waals surface area contributed by atoms with Gasteiger partial charge < -0.3 is 15.4 Å². The van der Waals surface area contributed by atoms with Crippen LogP contribution in [0, 0.1) is 0 Å². The van der Waals surface area contributed by atoms with Crippen LogP contribution in [-0.4, -0.2) is 37.5 Å². The highest BCUT2D eigenvalue weighted by Crippen LogP contribution is 2.26. The van der Waals surface area contributed by atoms with E-state index in [-0.39, 0.29) is 18.3 Å². The molecule has 1 amide bonds. The maximum atomic E-state index is 12.5. The Hall–Kier alpha value is -0.750. The standard InChI is InChI=1S/C15H22N2O2S.ClH/c1-3-20-13-6-4-5-12(11-13)17-14(18)15(19-2)7-9-16-10-8-15;/h4-6,11,16H,3,7-10H2,1-2H3,(H,17,18);1H. The highest BCUT2D eigenvalue weighted by molar-refractivity contribution is 7.99. The zero-order chi connectivity index (χ0) is 14.4. The van der Waals surface area contributed by atoms with Crippen molar-refractivity contribution in [1.29, 1.82) is 0 Å². The van der Waals surface area contributed by atoms with Gasteiger partial charge in [-0.2, -0.15) is 0 Å². The molecule has 0 aromatic heterocycles. The number of nitrogens with one attached hydrogen (secondary N) is 2. The predicted molar refractivity (Wildman–Crippen MR) is 90.6 cm³/mol. The van der Waals surface area contributed by atoms with Crippen LogP contribution in [0.5, 0.6) is 0 Å². The first-order valence-electron chi connectivity index (χ1n) is 7.00. The van der Waals surface area contributed by atoms with Gasteiger partial charge in [-0.05, 0) is 49.9 Å². The Morgan fingerprint density at radius 3 is 2.76 bits per heavy atom. The Kier molecular flexibility index (Phi) is 7.52. The molecular formula is C15H23ClN2O2S. The molecule has 0 radical (unpaired) electrons. The zero-order valence-corrected chi connectivity index (χ0v) is 14.1. The SMILES string of the molecule is CCSc1cccc(NC(=O)C2(OC)CCNCC2)c1.Cl. The van der Waals surface area contributed by atoms with Gasteiger partial charge >= 0.3 is 0 Å². The van der Waals surface area contributed by atoms with Crippen molar-refractivity contribution in [3.63, 3.8) is 0 Å². The lowest BCUT2D eigenvalue weighted by atomic mass is 9.91. The van der Waals surface area contributed by atoms with Crippen molar-refractivity contribution < 1.29 is 9.53 Å². The second-order valence-corrected chi connectivity index (χ2v) is 6.20. The molecule has 0 saturated carbocycles. The highest BCUT2D eigenvalue weighted by Gasteiger charge is 2.39. The Balaban J connectivity index is 0.00000220. The second-order valence-electron chi connectivity index (χ2n) is 4.86. The summed E-state index contributed by atoms with van der Waals surface area (Å²) in [7, 11) is 1.62. The van der Waals surface area contributed by atoms with Gasteiger partial charge in [0.1, 0.15) is 5.60 Å². The number of rotatable bonds is 5. The van der Waals surface area contributed by atoms with Gasteiger partial charge in [-0.1, -0.05) is 13.0 Å². The Morgan fingerprint density at radius 2 is 2.14 bits per heavy atom. The molecule has 2 rings (SSSR count). The molecule has 21 heavy (non-hydrogen) atoms. The first-order chi connectivity index (χ1) is 9.70. The molecule has 1 aromatic carbocycles. The number of carbonyl (C=O) groups is 1. The van der Waals surface area contributed by atoms with Gasteiger partial charge in [0.2, 0.25) is 0 Å². The third-order valence-electron chi connectivity index (χ3n) is 3.62. The quantitative estimate of drug-likeness (QED) is 0.815. The van der Waals surface area contributed by atoms with E-state index >= 15 is 0 Å². The summed E-state index contributed by atoms with van der Waals surface area (Å²) < 4.78 is 5.53.